The van der Waals surface area contributed by atoms with E-state index < -0.39 is 18.2 Å². The zero-order valence-corrected chi connectivity index (χ0v) is 17.8. The predicted molar refractivity (Wildman–Crippen MR) is 120 cm³/mol. The van der Waals surface area contributed by atoms with Crippen LogP contribution in [0.5, 0.6) is 0 Å². The molecule has 1 unspecified atom stereocenters. The molecule has 0 bridgehead atoms. The molecule has 0 radical (unpaired) electrons. The minimum atomic E-state index is -1.37. The molecule has 2 heterocycles. The number of carbonyl (C=O) groups is 3. The zero-order valence-electron chi connectivity index (χ0n) is 17.8. The van der Waals surface area contributed by atoms with Gasteiger partial charge in [0, 0.05) is 37.3 Å². The van der Waals surface area contributed by atoms with Crippen molar-refractivity contribution in [2.24, 2.45) is 4.99 Å². The largest absolute Gasteiger partial charge is 0.465 e. The van der Waals surface area contributed by atoms with Gasteiger partial charge in [0.05, 0.1) is 11.4 Å². The minimum Gasteiger partial charge on any atom is -0.465 e. The number of para-hydroxylation sites is 1. The summed E-state index contributed by atoms with van der Waals surface area (Å²) in [6.07, 6.45) is -2.73. The lowest BCUT2D eigenvalue weighted by atomic mass is 10.0. The number of amides is 3. The monoisotopic (exact) mass is 435 g/mol. The van der Waals surface area contributed by atoms with E-state index in [-0.39, 0.29) is 12.5 Å². The molecule has 166 valence electrons. The molecule has 3 amide bonds. The molecule has 0 aromatic heterocycles. The van der Waals surface area contributed by atoms with E-state index in [1.807, 2.05) is 49.5 Å². The summed E-state index contributed by atoms with van der Waals surface area (Å²) >= 11 is 0. The average Bonchev–Trinajstić information content (AvgIpc) is 2.90. The average molecular weight is 435 g/mol. The van der Waals surface area contributed by atoms with Crippen LogP contribution in [-0.2, 0) is 9.59 Å². The van der Waals surface area contributed by atoms with Gasteiger partial charge in [-0.25, -0.2) is 9.79 Å². The topological polar surface area (TPSA) is 106 Å². The van der Waals surface area contributed by atoms with Gasteiger partial charge in [0.1, 0.15) is 6.54 Å². The lowest BCUT2D eigenvalue weighted by molar-refractivity contribution is -0.133. The molecular weight excluding hydrogens is 410 g/mol. The zero-order chi connectivity index (χ0) is 22.7. The van der Waals surface area contributed by atoms with Gasteiger partial charge in [-0.05, 0) is 13.1 Å². The summed E-state index contributed by atoms with van der Waals surface area (Å²) in [5, 5.41) is 11.5. The normalized spacial score (nSPS) is 19.1. The quantitative estimate of drug-likeness (QED) is 0.752. The first kappa shape index (κ1) is 21.5. The van der Waals surface area contributed by atoms with Crippen LogP contribution in [0.4, 0.5) is 10.5 Å². The fraction of sp³-hybridized carbons (Fsp3) is 0.304. The molecule has 1 saturated heterocycles. The lowest BCUT2D eigenvalue weighted by Gasteiger charge is -2.34. The Morgan fingerprint density at radius 1 is 1.03 bits per heavy atom. The highest BCUT2D eigenvalue weighted by Crippen LogP contribution is 2.28. The molecule has 0 aliphatic carbocycles. The van der Waals surface area contributed by atoms with E-state index in [1.165, 1.54) is 4.90 Å². The van der Waals surface area contributed by atoms with Crippen molar-refractivity contribution in [2.45, 2.75) is 6.17 Å². The maximum Gasteiger partial charge on any atom is 0.406 e. The maximum atomic E-state index is 13.4. The Kier molecular flexibility index (Phi) is 6.18. The van der Waals surface area contributed by atoms with Gasteiger partial charge in [-0.1, -0.05) is 48.5 Å². The minimum absolute atomic E-state index is 0.182. The Hall–Kier alpha value is -3.72. The van der Waals surface area contributed by atoms with E-state index in [9.17, 15) is 19.5 Å². The highest BCUT2D eigenvalue weighted by atomic mass is 16.4. The van der Waals surface area contributed by atoms with E-state index in [0.717, 1.165) is 18.7 Å². The summed E-state index contributed by atoms with van der Waals surface area (Å²) in [7, 11) is 2.00. The number of benzodiazepines with no additional fused rings is 1. The second-order valence-electron chi connectivity index (χ2n) is 7.82. The number of hydrogen-bond donors (Lipinski definition) is 2. The van der Waals surface area contributed by atoms with Crippen LogP contribution in [0.2, 0.25) is 0 Å². The second-order valence-corrected chi connectivity index (χ2v) is 7.82. The van der Waals surface area contributed by atoms with E-state index in [2.05, 4.69) is 15.2 Å². The van der Waals surface area contributed by atoms with Crippen molar-refractivity contribution in [2.75, 3.05) is 44.7 Å². The number of piperazine rings is 1. The lowest BCUT2D eigenvalue weighted by Crippen LogP contribution is -2.53. The number of anilines is 1. The summed E-state index contributed by atoms with van der Waals surface area (Å²) in [5.41, 5.74) is 2.42. The van der Waals surface area contributed by atoms with Gasteiger partial charge in [-0.15, -0.1) is 0 Å². The highest BCUT2D eigenvalue weighted by Gasteiger charge is 2.35. The maximum absolute atomic E-state index is 13.4. The summed E-state index contributed by atoms with van der Waals surface area (Å²) in [4.78, 5) is 47.6. The molecule has 1 atom stereocenters. The number of likely N-dealkylation sites (N-methyl/N-ethyl adjacent to an activating group) is 1. The van der Waals surface area contributed by atoms with Gasteiger partial charge in [0.25, 0.3) is 5.91 Å². The first-order chi connectivity index (χ1) is 15.4. The number of nitrogens with one attached hydrogen (secondary N) is 1. The van der Waals surface area contributed by atoms with Gasteiger partial charge in [-0.3, -0.25) is 19.8 Å². The molecule has 1 fully saturated rings. The fourth-order valence-corrected chi connectivity index (χ4v) is 3.92. The molecule has 0 spiro atoms. The molecule has 32 heavy (non-hydrogen) atoms. The number of benzene rings is 2. The van der Waals surface area contributed by atoms with E-state index in [1.54, 1.807) is 17.0 Å². The first-order valence-electron chi connectivity index (χ1n) is 10.4. The molecule has 2 N–H and O–H groups in total. The van der Waals surface area contributed by atoms with Crippen LogP contribution in [0.25, 0.3) is 0 Å². The van der Waals surface area contributed by atoms with Crippen LogP contribution >= 0.6 is 0 Å². The summed E-state index contributed by atoms with van der Waals surface area (Å²) < 4.78 is 0. The third-order valence-corrected chi connectivity index (χ3v) is 5.66. The Morgan fingerprint density at radius 2 is 1.69 bits per heavy atom. The van der Waals surface area contributed by atoms with Crippen molar-refractivity contribution < 1.29 is 19.5 Å². The molecule has 9 nitrogen and oxygen atoms in total. The number of fused-ring (bicyclic) bond motifs is 1. The third-order valence-electron chi connectivity index (χ3n) is 5.66. The van der Waals surface area contributed by atoms with Crippen LogP contribution in [0.3, 0.4) is 0 Å². The van der Waals surface area contributed by atoms with Gasteiger partial charge >= 0.3 is 6.09 Å². The van der Waals surface area contributed by atoms with Crippen LogP contribution < -0.4 is 10.2 Å². The number of rotatable bonds is 4. The molecule has 2 aromatic rings. The molecule has 0 saturated carbocycles. The third kappa shape index (κ3) is 4.47. The van der Waals surface area contributed by atoms with Crippen molar-refractivity contribution in [1.29, 1.82) is 0 Å². The van der Waals surface area contributed by atoms with Gasteiger partial charge in [0.2, 0.25) is 12.1 Å². The molecule has 2 aromatic carbocycles. The van der Waals surface area contributed by atoms with Crippen molar-refractivity contribution in [3.8, 4) is 0 Å². The Labute approximate surface area is 185 Å². The fourth-order valence-electron chi connectivity index (χ4n) is 3.92. The highest BCUT2D eigenvalue weighted by molar-refractivity contribution is 6.20. The molecule has 9 heteroatoms. The van der Waals surface area contributed by atoms with Crippen LogP contribution in [-0.4, -0.2) is 84.5 Å². The summed E-state index contributed by atoms with van der Waals surface area (Å²) in [6, 6.07) is 16.5. The van der Waals surface area contributed by atoms with Crippen molar-refractivity contribution in [3.05, 3.63) is 65.7 Å². The Morgan fingerprint density at radius 3 is 2.38 bits per heavy atom. The van der Waals surface area contributed by atoms with E-state index in [0.29, 0.717) is 30.1 Å². The summed E-state index contributed by atoms with van der Waals surface area (Å²) in [5.74, 6) is -0.772. The first-order valence-corrected chi connectivity index (χ1v) is 10.4. The Balaban J connectivity index is 1.73. The van der Waals surface area contributed by atoms with Crippen molar-refractivity contribution in [3.63, 3.8) is 0 Å². The molecule has 2 aliphatic rings. The molecule has 2 aliphatic heterocycles. The van der Waals surface area contributed by atoms with Gasteiger partial charge in [0.15, 0.2) is 0 Å². The number of carboxylic acid groups (broad SMARTS) is 1. The Bertz CT molecular complexity index is 1050. The van der Waals surface area contributed by atoms with Crippen molar-refractivity contribution >= 4 is 29.3 Å². The van der Waals surface area contributed by atoms with Crippen molar-refractivity contribution in [1.82, 2.24) is 15.1 Å². The molecule has 4 rings (SSSR count). The number of carbonyl (C=O) groups excluding carboxylic acids is 2. The van der Waals surface area contributed by atoms with Crippen LogP contribution in [0.15, 0.2) is 59.6 Å². The smallest absolute Gasteiger partial charge is 0.406 e. The van der Waals surface area contributed by atoms with Crippen LogP contribution in [0, 0.1) is 0 Å². The number of hydrogen-bond acceptors (Lipinski definition) is 5. The standard InChI is InChI=1S/C23H25N5O4/c1-26-11-13-27(14-12-26)19(29)15-28-18-10-6-5-9-17(18)20(16-7-3-2-4-8-16)24-21(22(28)30)25-23(31)32/h2-10,21,25H,11-15H2,1H3,(H,31,32). The SMILES string of the molecule is CN1CCN(C(=O)CN2C(=O)C(NC(=O)O)N=C(c3ccccc3)c3ccccc32)CC1. The van der Waals surface area contributed by atoms with Gasteiger partial charge in [-0.2, -0.15) is 0 Å². The predicted octanol–water partition coefficient (Wildman–Crippen LogP) is 1.24. The number of aliphatic imine (C=N–C) groups is 1. The van der Waals surface area contributed by atoms with E-state index >= 15 is 0 Å². The van der Waals surface area contributed by atoms with E-state index in [4.69, 9.17) is 0 Å². The number of nitrogens with zero attached hydrogens (tertiary/aromatic N) is 4. The van der Waals surface area contributed by atoms with Gasteiger partial charge < -0.3 is 14.9 Å². The molecular formula is C23H25N5O4. The summed E-state index contributed by atoms with van der Waals surface area (Å²) in [6.45, 7) is 2.51. The second kappa shape index (κ2) is 9.19. The van der Waals surface area contributed by atoms with Crippen LogP contribution in [0.1, 0.15) is 11.1 Å².